The van der Waals surface area contributed by atoms with Gasteiger partial charge in [-0.05, 0) is 29.8 Å². The van der Waals surface area contributed by atoms with E-state index in [4.69, 9.17) is 15.6 Å². The summed E-state index contributed by atoms with van der Waals surface area (Å²) in [5, 5.41) is 11.8. The number of thiophene rings is 1. The third-order valence-corrected chi connectivity index (χ3v) is 4.12. The minimum Gasteiger partial charge on any atom is -0.496 e. The van der Waals surface area contributed by atoms with Crippen molar-refractivity contribution in [3.8, 4) is 5.75 Å². The molecule has 0 atom stereocenters. The lowest BCUT2D eigenvalue weighted by atomic mass is 10.1. The van der Waals surface area contributed by atoms with E-state index < -0.39 is 11.9 Å². The van der Waals surface area contributed by atoms with Crippen molar-refractivity contribution >= 4 is 29.1 Å². The third-order valence-electron chi connectivity index (χ3n) is 3.02. The molecule has 8 heteroatoms. The zero-order valence-electron chi connectivity index (χ0n) is 12.2. The number of carbonyl (C=O) groups excluding carboxylic acids is 2. The fourth-order valence-electron chi connectivity index (χ4n) is 1.89. The molecule has 7 nitrogen and oxygen atoms in total. The quantitative estimate of drug-likeness (QED) is 0.739. The van der Waals surface area contributed by atoms with E-state index in [0.717, 1.165) is 11.3 Å². The van der Waals surface area contributed by atoms with Crippen LogP contribution in [0, 0.1) is 0 Å². The maximum Gasteiger partial charge on any atom is 0.339 e. The summed E-state index contributed by atoms with van der Waals surface area (Å²) in [5.74, 6) is -1.82. The minimum absolute atomic E-state index is 0.0198. The Morgan fingerprint density at radius 1 is 1.22 bits per heavy atom. The number of carboxylic acids is 1. The predicted molar refractivity (Wildman–Crippen MR) is 84.0 cm³/mol. The van der Waals surface area contributed by atoms with E-state index in [2.05, 4.69) is 5.32 Å². The molecule has 0 saturated heterocycles. The molecule has 0 saturated carbocycles. The summed E-state index contributed by atoms with van der Waals surface area (Å²) in [5.41, 5.74) is 5.77. The first-order valence-corrected chi connectivity index (χ1v) is 7.32. The molecule has 0 spiro atoms. The van der Waals surface area contributed by atoms with E-state index >= 15 is 0 Å². The van der Waals surface area contributed by atoms with Crippen LogP contribution in [0.15, 0.2) is 30.3 Å². The number of nitrogens with two attached hydrogens (primary N) is 1. The van der Waals surface area contributed by atoms with Crippen molar-refractivity contribution in [1.29, 1.82) is 0 Å². The number of rotatable bonds is 6. The molecular formula is C15H14N2O5S. The topological polar surface area (TPSA) is 119 Å². The van der Waals surface area contributed by atoms with Gasteiger partial charge in [0.1, 0.15) is 11.3 Å². The monoisotopic (exact) mass is 334 g/mol. The Morgan fingerprint density at radius 3 is 2.48 bits per heavy atom. The average molecular weight is 334 g/mol. The van der Waals surface area contributed by atoms with Crippen molar-refractivity contribution in [2.45, 2.75) is 6.54 Å². The molecule has 4 N–H and O–H groups in total. The van der Waals surface area contributed by atoms with Crippen LogP contribution in [0.1, 0.15) is 35.3 Å². The van der Waals surface area contributed by atoms with Gasteiger partial charge in [-0.25, -0.2) is 4.79 Å². The van der Waals surface area contributed by atoms with Crippen LogP contribution in [0.25, 0.3) is 0 Å². The van der Waals surface area contributed by atoms with Gasteiger partial charge in [0, 0.05) is 6.54 Å². The molecule has 0 aliphatic heterocycles. The van der Waals surface area contributed by atoms with Gasteiger partial charge in [-0.1, -0.05) is 6.07 Å². The van der Waals surface area contributed by atoms with Crippen LogP contribution in [0.5, 0.6) is 5.75 Å². The van der Waals surface area contributed by atoms with Gasteiger partial charge in [0.25, 0.3) is 11.8 Å². The average Bonchev–Trinajstić information content (AvgIpc) is 3.02. The normalized spacial score (nSPS) is 10.1. The van der Waals surface area contributed by atoms with Gasteiger partial charge >= 0.3 is 5.97 Å². The molecule has 120 valence electrons. The molecule has 0 aliphatic carbocycles. The molecular weight excluding hydrogens is 320 g/mol. The van der Waals surface area contributed by atoms with Crippen LogP contribution in [-0.4, -0.2) is 30.0 Å². The largest absolute Gasteiger partial charge is 0.496 e. The summed E-state index contributed by atoms with van der Waals surface area (Å²) >= 11 is 0.998. The van der Waals surface area contributed by atoms with Gasteiger partial charge in [-0.3, -0.25) is 9.59 Å². The number of primary amides is 1. The fraction of sp³-hybridized carbons (Fsp3) is 0.133. The van der Waals surface area contributed by atoms with Crippen molar-refractivity contribution in [3.05, 3.63) is 51.2 Å². The molecule has 0 fully saturated rings. The van der Waals surface area contributed by atoms with E-state index in [1.54, 1.807) is 6.07 Å². The molecule has 2 amide bonds. The predicted octanol–water partition coefficient (Wildman–Crippen LogP) is 1.48. The number of hydrogen-bond acceptors (Lipinski definition) is 5. The van der Waals surface area contributed by atoms with Crippen LogP contribution in [0.2, 0.25) is 0 Å². The molecule has 1 aromatic carbocycles. The number of benzene rings is 1. The van der Waals surface area contributed by atoms with Gasteiger partial charge in [0.2, 0.25) is 0 Å². The summed E-state index contributed by atoms with van der Waals surface area (Å²) in [7, 11) is 1.39. The molecule has 2 aromatic rings. The van der Waals surface area contributed by atoms with E-state index in [1.165, 1.54) is 31.4 Å². The highest BCUT2D eigenvalue weighted by Crippen LogP contribution is 2.20. The van der Waals surface area contributed by atoms with Gasteiger partial charge in [-0.2, -0.15) is 0 Å². The lowest BCUT2D eigenvalue weighted by Gasteiger charge is -2.08. The van der Waals surface area contributed by atoms with Gasteiger partial charge in [0.15, 0.2) is 0 Å². The Labute approximate surface area is 135 Å². The number of nitrogens with one attached hydrogen (secondary N) is 1. The molecule has 0 aliphatic rings. The Hall–Kier alpha value is -2.87. The second-order valence-corrected chi connectivity index (χ2v) is 5.63. The van der Waals surface area contributed by atoms with Crippen LogP contribution < -0.4 is 15.8 Å². The molecule has 1 aromatic heterocycles. The minimum atomic E-state index is -1.11. The smallest absolute Gasteiger partial charge is 0.339 e. The van der Waals surface area contributed by atoms with E-state index in [9.17, 15) is 14.4 Å². The van der Waals surface area contributed by atoms with Crippen LogP contribution >= 0.6 is 11.3 Å². The molecule has 2 rings (SSSR count). The first-order chi connectivity index (χ1) is 10.9. The Morgan fingerprint density at radius 2 is 1.91 bits per heavy atom. The van der Waals surface area contributed by atoms with E-state index in [0.29, 0.717) is 15.3 Å². The second-order valence-electron chi connectivity index (χ2n) is 4.55. The Bertz CT molecular complexity index is 769. The number of ether oxygens (including phenoxy) is 1. The number of amides is 2. The molecule has 23 heavy (non-hydrogen) atoms. The lowest BCUT2D eigenvalue weighted by Crippen LogP contribution is -2.22. The first kappa shape index (κ1) is 16.5. The zero-order valence-corrected chi connectivity index (χ0v) is 13.0. The maximum absolute atomic E-state index is 12.0. The van der Waals surface area contributed by atoms with Crippen LogP contribution in [0.3, 0.4) is 0 Å². The SMILES string of the molecule is COc1ccc(CNC(=O)c2ccc(C(N)=O)s2)cc1C(=O)O. The molecule has 1 heterocycles. The summed E-state index contributed by atoms with van der Waals surface area (Å²) in [4.78, 5) is 34.8. The zero-order chi connectivity index (χ0) is 17.0. The summed E-state index contributed by atoms with van der Waals surface area (Å²) in [6.45, 7) is 0.146. The second kappa shape index (κ2) is 6.93. The lowest BCUT2D eigenvalue weighted by molar-refractivity contribution is 0.0692. The van der Waals surface area contributed by atoms with Crippen molar-refractivity contribution in [2.24, 2.45) is 5.73 Å². The Kier molecular flexibility index (Phi) is 4.97. The number of carboxylic acid groups (broad SMARTS) is 1. The highest BCUT2D eigenvalue weighted by Gasteiger charge is 2.14. The standard InChI is InChI=1S/C15H14N2O5S/c1-22-10-3-2-8(6-9(10)15(20)21)7-17-14(19)12-5-4-11(23-12)13(16)18/h2-6H,7H2,1H3,(H2,16,18)(H,17,19)(H,20,21). The number of carbonyl (C=O) groups is 3. The number of methoxy groups -OCH3 is 1. The van der Waals surface area contributed by atoms with Gasteiger partial charge in [-0.15, -0.1) is 11.3 Å². The molecule has 0 unspecified atom stereocenters. The van der Waals surface area contributed by atoms with E-state index in [-0.39, 0.29) is 23.8 Å². The van der Waals surface area contributed by atoms with Crippen molar-refractivity contribution in [2.75, 3.05) is 7.11 Å². The van der Waals surface area contributed by atoms with Crippen LogP contribution in [-0.2, 0) is 6.54 Å². The van der Waals surface area contributed by atoms with Crippen molar-refractivity contribution in [1.82, 2.24) is 5.32 Å². The maximum atomic E-state index is 12.0. The summed E-state index contributed by atoms with van der Waals surface area (Å²) in [6.07, 6.45) is 0. The van der Waals surface area contributed by atoms with Crippen LogP contribution in [0.4, 0.5) is 0 Å². The molecule has 0 radical (unpaired) electrons. The molecule has 0 bridgehead atoms. The van der Waals surface area contributed by atoms with Crippen molar-refractivity contribution in [3.63, 3.8) is 0 Å². The highest BCUT2D eigenvalue weighted by atomic mass is 32.1. The van der Waals surface area contributed by atoms with E-state index in [1.807, 2.05) is 0 Å². The number of hydrogen-bond donors (Lipinski definition) is 3. The fourth-order valence-corrected chi connectivity index (χ4v) is 2.67. The first-order valence-electron chi connectivity index (χ1n) is 6.50. The van der Waals surface area contributed by atoms with Gasteiger partial charge < -0.3 is 20.9 Å². The highest BCUT2D eigenvalue weighted by molar-refractivity contribution is 7.15. The third kappa shape index (κ3) is 3.86. The van der Waals surface area contributed by atoms with Crippen molar-refractivity contribution < 1.29 is 24.2 Å². The summed E-state index contributed by atoms with van der Waals surface area (Å²) in [6, 6.07) is 7.62. The Balaban J connectivity index is 2.08. The summed E-state index contributed by atoms with van der Waals surface area (Å²) < 4.78 is 4.97. The van der Waals surface area contributed by atoms with Gasteiger partial charge in [0.05, 0.1) is 16.9 Å². The number of aromatic carboxylic acids is 1.